The fourth-order valence-corrected chi connectivity index (χ4v) is 1.05. The number of fused-ring (bicyclic) bond motifs is 1. The van der Waals surface area contributed by atoms with Gasteiger partial charge in [0.25, 0.3) is 5.91 Å². The maximum absolute atomic E-state index is 11.1. The van der Waals surface area contributed by atoms with Gasteiger partial charge in [0.1, 0.15) is 5.69 Å². The number of aromatic nitrogens is 2. The van der Waals surface area contributed by atoms with Crippen molar-refractivity contribution < 1.29 is 4.79 Å². The Kier molecular flexibility index (Phi) is 1.28. The minimum absolute atomic E-state index is 0.0949. The van der Waals surface area contributed by atoms with E-state index in [0.29, 0.717) is 18.1 Å². The van der Waals surface area contributed by atoms with Crippen molar-refractivity contribution in [3.05, 3.63) is 12.0 Å². The number of hydrogen-bond donors (Lipinski definition) is 3. The van der Waals surface area contributed by atoms with Crippen molar-refractivity contribution in [3.63, 3.8) is 0 Å². The zero-order valence-corrected chi connectivity index (χ0v) is 5.85. The predicted molar refractivity (Wildman–Crippen MR) is 39.4 cm³/mol. The summed E-state index contributed by atoms with van der Waals surface area (Å²) >= 11 is 0. The maximum atomic E-state index is 11.1. The van der Waals surface area contributed by atoms with Gasteiger partial charge in [-0.3, -0.25) is 4.79 Å². The molecule has 0 atom stereocenters. The van der Waals surface area contributed by atoms with Crippen LogP contribution in [0.2, 0.25) is 0 Å². The van der Waals surface area contributed by atoms with Crippen LogP contribution in [0.25, 0.3) is 0 Å². The molecule has 0 aromatic carbocycles. The quantitative estimate of drug-likeness (QED) is 0.472. The highest BCUT2D eigenvalue weighted by Crippen LogP contribution is 2.09. The van der Waals surface area contributed by atoms with Crippen molar-refractivity contribution in [1.29, 1.82) is 0 Å². The number of anilines is 1. The third-order valence-electron chi connectivity index (χ3n) is 1.57. The number of H-pyrrole nitrogens is 1. The third-order valence-corrected chi connectivity index (χ3v) is 1.57. The topological polar surface area (TPSA) is 69.8 Å². The summed E-state index contributed by atoms with van der Waals surface area (Å²) in [5.41, 5.74) is 0.516. The van der Waals surface area contributed by atoms with E-state index in [1.54, 1.807) is 0 Å². The molecule has 2 heterocycles. The Bertz CT molecular complexity index is 280. The number of rotatable bonds is 0. The molecule has 0 radical (unpaired) electrons. The molecule has 1 aromatic heterocycles. The lowest BCUT2D eigenvalue weighted by atomic mass is 10.4. The van der Waals surface area contributed by atoms with E-state index >= 15 is 0 Å². The highest BCUT2D eigenvalue weighted by molar-refractivity contribution is 5.97. The number of nitrogens with one attached hydrogen (secondary N) is 3. The predicted octanol–water partition coefficient (Wildman–Crippen LogP) is -0.435. The van der Waals surface area contributed by atoms with Gasteiger partial charge in [-0.25, -0.2) is 4.98 Å². The Labute approximate surface area is 63.2 Å². The van der Waals surface area contributed by atoms with Crippen LogP contribution in [0.5, 0.6) is 0 Å². The van der Waals surface area contributed by atoms with Crippen molar-refractivity contribution in [2.45, 2.75) is 0 Å². The van der Waals surface area contributed by atoms with Crippen molar-refractivity contribution in [2.75, 3.05) is 18.4 Å². The highest BCUT2D eigenvalue weighted by atomic mass is 16.1. The first kappa shape index (κ1) is 6.21. The molecular weight excluding hydrogens is 144 g/mol. The highest BCUT2D eigenvalue weighted by Gasteiger charge is 2.15. The summed E-state index contributed by atoms with van der Waals surface area (Å²) in [5.74, 6) is 0.544. The monoisotopic (exact) mass is 152 g/mol. The number of aromatic amines is 1. The Morgan fingerprint density at radius 1 is 1.36 bits per heavy atom. The summed E-state index contributed by atoms with van der Waals surface area (Å²) in [6.45, 7) is 1.37. The van der Waals surface area contributed by atoms with Crippen molar-refractivity contribution in [3.8, 4) is 0 Å². The van der Waals surface area contributed by atoms with E-state index in [-0.39, 0.29) is 5.91 Å². The number of amides is 1. The Morgan fingerprint density at radius 2 is 2.18 bits per heavy atom. The van der Waals surface area contributed by atoms with Crippen LogP contribution in [0.4, 0.5) is 5.82 Å². The van der Waals surface area contributed by atoms with Crippen LogP contribution >= 0.6 is 0 Å². The minimum Gasteiger partial charge on any atom is -0.366 e. The first-order valence-corrected chi connectivity index (χ1v) is 3.43. The largest absolute Gasteiger partial charge is 0.366 e. The molecule has 1 aliphatic rings. The number of imidazole rings is 1. The molecule has 0 unspecified atom stereocenters. The normalized spacial score (nSPS) is 16.2. The molecule has 5 heteroatoms. The van der Waals surface area contributed by atoms with E-state index in [1.165, 1.54) is 6.33 Å². The number of carbonyl (C=O) groups is 1. The molecule has 0 saturated heterocycles. The molecule has 58 valence electrons. The average molecular weight is 152 g/mol. The van der Waals surface area contributed by atoms with E-state index in [0.717, 1.165) is 6.54 Å². The number of nitrogens with zero attached hydrogens (tertiary/aromatic N) is 1. The van der Waals surface area contributed by atoms with Gasteiger partial charge in [-0.1, -0.05) is 0 Å². The molecule has 1 amide bonds. The van der Waals surface area contributed by atoms with Gasteiger partial charge >= 0.3 is 0 Å². The van der Waals surface area contributed by atoms with E-state index in [9.17, 15) is 4.79 Å². The van der Waals surface area contributed by atoms with Gasteiger partial charge in [0, 0.05) is 13.1 Å². The molecule has 1 aromatic rings. The molecule has 3 N–H and O–H groups in total. The fourth-order valence-electron chi connectivity index (χ4n) is 1.05. The Morgan fingerprint density at radius 3 is 3.09 bits per heavy atom. The molecule has 11 heavy (non-hydrogen) atoms. The zero-order valence-electron chi connectivity index (χ0n) is 5.85. The molecule has 5 nitrogen and oxygen atoms in total. The van der Waals surface area contributed by atoms with Gasteiger partial charge < -0.3 is 15.6 Å². The SMILES string of the molecule is O=C1NCCNc2nc[nH]c21. The summed E-state index contributed by atoms with van der Waals surface area (Å²) in [4.78, 5) is 17.8. The van der Waals surface area contributed by atoms with Crippen LogP contribution in [0.1, 0.15) is 10.5 Å². The lowest BCUT2D eigenvalue weighted by Crippen LogP contribution is -2.25. The average Bonchev–Trinajstić information content (AvgIpc) is 2.40. The smallest absolute Gasteiger partial charge is 0.271 e. The molecule has 0 saturated carbocycles. The summed E-state index contributed by atoms with van der Waals surface area (Å²) in [6.07, 6.45) is 1.50. The number of carbonyl (C=O) groups excluding carboxylic acids is 1. The summed E-state index contributed by atoms with van der Waals surface area (Å²) in [7, 11) is 0. The van der Waals surface area contributed by atoms with E-state index in [2.05, 4.69) is 20.6 Å². The Balaban J connectivity index is 2.41. The summed E-state index contributed by atoms with van der Waals surface area (Å²) in [5, 5.41) is 5.72. The van der Waals surface area contributed by atoms with Crippen molar-refractivity contribution in [2.24, 2.45) is 0 Å². The van der Waals surface area contributed by atoms with Crippen LogP contribution in [0.15, 0.2) is 6.33 Å². The molecule has 2 rings (SSSR count). The van der Waals surface area contributed by atoms with Gasteiger partial charge in [-0.2, -0.15) is 0 Å². The lowest BCUT2D eigenvalue weighted by Gasteiger charge is -1.95. The second-order valence-electron chi connectivity index (χ2n) is 2.31. The van der Waals surface area contributed by atoms with Gasteiger partial charge in [0.2, 0.25) is 0 Å². The second kappa shape index (κ2) is 2.26. The van der Waals surface area contributed by atoms with Crippen molar-refractivity contribution >= 4 is 11.7 Å². The molecule has 0 fully saturated rings. The van der Waals surface area contributed by atoms with E-state index in [1.807, 2.05) is 0 Å². The van der Waals surface area contributed by atoms with E-state index in [4.69, 9.17) is 0 Å². The molecule has 1 aliphatic heterocycles. The van der Waals surface area contributed by atoms with Crippen molar-refractivity contribution in [1.82, 2.24) is 15.3 Å². The molecule has 0 aliphatic carbocycles. The van der Waals surface area contributed by atoms with Gasteiger partial charge in [0.05, 0.1) is 6.33 Å². The molecule has 0 spiro atoms. The van der Waals surface area contributed by atoms with Gasteiger partial charge in [0.15, 0.2) is 5.82 Å². The first-order valence-electron chi connectivity index (χ1n) is 3.43. The van der Waals surface area contributed by atoms with Crippen LogP contribution in [-0.2, 0) is 0 Å². The van der Waals surface area contributed by atoms with Crippen LogP contribution in [0.3, 0.4) is 0 Å². The minimum atomic E-state index is -0.0949. The standard InChI is InChI=1S/C6H8N4O/c11-6-4-5(10-3-9-4)7-1-2-8-6/h3,7H,1-2H2,(H,8,11)(H,9,10). The second-order valence-corrected chi connectivity index (χ2v) is 2.31. The molecule has 0 bridgehead atoms. The maximum Gasteiger partial charge on any atom is 0.271 e. The molecular formula is C6H8N4O. The third kappa shape index (κ3) is 0.938. The van der Waals surface area contributed by atoms with Gasteiger partial charge in [-0.15, -0.1) is 0 Å². The van der Waals surface area contributed by atoms with Crippen LogP contribution < -0.4 is 10.6 Å². The van der Waals surface area contributed by atoms with Gasteiger partial charge in [-0.05, 0) is 0 Å². The summed E-state index contributed by atoms with van der Waals surface area (Å²) < 4.78 is 0. The van der Waals surface area contributed by atoms with Crippen LogP contribution in [-0.4, -0.2) is 29.0 Å². The van der Waals surface area contributed by atoms with Crippen LogP contribution in [0, 0.1) is 0 Å². The Hall–Kier alpha value is -1.52. The number of hydrogen-bond acceptors (Lipinski definition) is 3. The fraction of sp³-hybridized carbons (Fsp3) is 0.333. The first-order chi connectivity index (χ1) is 5.38. The van der Waals surface area contributed by atoms with E-state index < -0.39 is 0 Å². The zero-order chi connectivity index (χ0) is 7.68. The summed E-state index contributed by atoms with van der Waals surface area (Å²) in [6, 6.07) is 0. The lowest BCUT2D eigenvalue weighted by molar-refractivity contribution is 0.0953.